The van der Waals surface area contributed by atoms with Crippen molar-refractivity contribution in [2.75, 3.05) is 27.0 Å². The van der Waals surface area contributed by atoms with Crippen molar-refractivity contribution in [2.45, 2.75) is 24.7 Å². The average molecular weight is 414 g/mol. The Morgan fingerprint density at radius 1 is 1.30 bits per heavy atom. The summed E-state index contributed by atoms with van der Waals surface area (Å²) in [5, 5.41) is 0.149. The molecule has 3 rings (SSSR count). The van der Waals surface area contributed by atoms with Gasteiger partial charge in [-0.3, -0.25) is 14.7 Å². The molecule has 1 aromatic carbocycles. The van der Waals surface area contributed by atoms with Crippen LogP contribution in [0.2, 0.25) is 5.02 Å². The van der Waals surface area contributed by atoms with Crippen molar-refractivity contribution in [3.05, 3.63) is 44.3 Å². The number of halogens is 1. The maximum absolute atomic E-state index is 12.2. The number of H-pyrrole nitrogens is 1. The number of rotatable bonds is 5. The van der Waals surface area contributed by atoms with E-state index in [1.807, 2.05) is 11.0 Å². The fraction of sp³-hybridized carbons (Fsp3) is 0.412. The van der Waals surface area contributed by atoms with E-state index >= 15 is 0 Å². The standard InChI is InChI=1S/C17H20ClN3O5S/c1-25-13-5-4-10(14(18)15(13)26-2)8-21-7-6-11-12(9-21)19-17(20-16(11)22)27(3,23)24/h4-5H,6-9H2,1-3H3,(H,19,20,22). The molecule has 0 spiro atoms. The van der Waals surface area contributed by atoms with Crippen molar-refractivity contribution < 1.29 is 17.9 Å². The highest BCUT2D eigenvalue weighted by atomic mass is 35.5. The minimum absolute atomic E-state index is 0.308. The third kappa shape index (κ3) is 3.95. The van der Waals surface area contributed by atoms with E-state index in [9.17, 15) is 13.2 Å². The summed E-state index contributed by atoms with van der Waals surface area (Å²) in [6.45, 7) is 1.48. The number of fused-ring (bicyclic) bond motifs is 1. The van der Waals surface area contributed by atoms with Crippen molar-refractivity contribution in [2.24, 2.45) is 0 Å². The van der Waals surface area contributed by atoms with Crippen LogP contribution >= 0.6 is 11.6 Å². The number of ether oxygens (including phenoxy) is 2. The van der Waals surface area contributed by atoms with Crippen molar-refractivity contribution in [3.63, 3.8) is 0 Å². The third-order valence-electron chi connectivity index (χ3n) is 4.44. The van der Waals surface area contributed by atoms with Crippen LogP contribution in [0.5, 0.6) is 11.5 Å². The minimum Gasteiger partial charge on any atom is -0.493 e. The number of methoxy groups -OCH3 is 2. The van der Waals surface area contributed by atoms with E-state index in [-0.39, 0.29) is 5.16 Å². The van der Waals surface area contributed by atoms with Crippen LogP contribution in [-0.2, 0) is 29.3 Å². The summed E-state index contributed by atoms with van der Waals surface area (Å²) in [6.07, 6.45) is 1.49. The number of nitrogens with one attached hydrogen (secondary N) is 1. The second kappa shape index (κ2) is 7.49. The molecule has 1 aromatic heterocycles. The Balaban J connectivity index is 1.89. The van der Waals surface area contributed by atoms with E-state index in [4.69, 9.17) is 21.1 Å². The summed E-state index contributed by atoms with van der Waals surface area (Å²) in [5.41, 5.74) is 1.44. The molecule has 1 aliphatic heterocycles. The highest BCUT2D eigenvalue weighted by molar-refractivity contribution is 7.90. The number of nitrogens with zero attached hydrogens (tertiary/aromatic N) is 2. The van der Waals surface area contributed by atoms with Gasteiger partial charge in [0.1, 0.15) is 0 Å². The lowest BCUT2D eigenvalue weighted by molar-refractivity contribution is 0.238. The minimum atomic E-state index is -3.60. The molecule has 1 aliphatic rings. The van der Waals surface area contributed by atoms with Gasteiger partial charge in [-0.2, -0.15) is 0 Å². The molecule has 2 heterocycles. The van der Waals surface area contributed by atoms with Crippen LogP contribution in [0.25, 0.3) is 0 Å². The van der Waals surface area contributed by atoms with Crippen molar-refractivity contribution in [1.29, 1.82) is 0 Å². The van der Waals surface area contributed by atoms with Crippen LogP contribution in [-0.4, -0.2) is 50.3 Å². The summed E-state index contributed by atoms with van der Waals surface area (Å²) in [7, 11) is -0.534. The largest absolute Gasteiger partial charge is 0.493 e. The highest BCUT2D eigenvalue weighted by Gasteiger charge is 2.24. The first kappa shape index (κ1) is 19.7. The van der Waals surface area contributed by atoms with E-state index in [2.05, 4.69) is 9.97 Å². The summed E-state index contributed by atoms with van der Waals surface area (Å²) in [4.78, 5) is 20.7. The lowest BCUT2D eigenvalue weighted by atomic mass is 10.1. The van der Waals surface area contributed by atoms with Gasteiger partial charge < -0.3 is 9.47 Å². The Labute approximate surface area is 162 Å². The van der Waals surface area contributed by atoms with Crippen LogP contribution in [0.15, 0.2) is 22.1 Å². The molecule has 2 aromatic rings. The van der Waals surface area contributed by atoms with Crippen LogP contribution in [0.3, 0.4) is 0 Å². The number of hydrogen-bond acceptors (Lipinski definition) is 7. The molecule has 8 nitrogen and oxygen atoms in total. The maximum atomic E-state index is 12.2. The van der Waals surface area contributed by atoms with Crippen molar-refractivity contribution in [1.82, 2.24) is 14.9 Å². The zero-order valence-electron chi connectivity index (χ0n) is 15.2. The van der Waals surface area contributed by atoms with Gasteiger partial charge in [0.05, 0.1) is 24.9 Å². The second-order valence-corrected chi connectivity index (χ2v) is 8.61. The summed E-state index contributed by atoms with van der Waals surface area (Å²) < 4.78 is 34.0. The van der Waals surface area contributed by atoms with E-state index in [1.165, 1.54) is 14.2 Å². The summed E-state index contributed by atoms with van der Waals surface area (Å²) in [5.74, 6) is 1.00. The molecule has 10 heteroatoms. The number of aromatic nitrogens is 2. The molecule has 0 saturated heterocycles. The normalized spacial score (nSPS) is 14.7. The number of aromatic amines is 1. The molecule has 27 heavy (non-hydrogen) atoms. The predicted molar refractivity (Wildman–Crippen MR) is 100 cm³/mol. The third-order valence-corrected chi connectivity index (χ3v) is 5.75. The van der Waals surface area contributed by atoms with Gasteiger partial charge >= 0.3 is 0 Å². The zero-order valence-corrected chi connectivity index (χ0v) is 16.8. The molecule has 0 aliphatic carbocycles. The fourth-order valence-electron chi connectivity index (χ4n) is 3.07. The number of hydrogen-bond donors (Lipinski definition) is 1. The van der Waals surface area contributed by atoms with Gasteiger partial charge in [0.25, 0.3) is 5.56 Å². The van der Waals surface area contributed by atoms with E-state index in [0.717, 1.165) is 11.8 Å². The number of benzene rings is 1. The number of sulfone groups is 1. The smallest absolute Gasteiger partial charge is 0.255 e. The van der Waals surface area contributed by atoms with Gasteiger partial charge in [-0.25, -0.2) is 13.4 Å². The topological polar surface area (TPSA) is 102 Å². The predicted octanol–water partition coefficient (Wildman–Crippen LogP) is 1.40. The first-order valence-electron chi connectivity index (χ1n) is 8.18. The first-order chi connectivity index (χ1) is 12.7. The van der Waals surface area contributed by atoms with Crippen LogP contribution in [0.1, 0.15) is 16.8 Å². The van der Waals surface area contributed by atoms with E-state index in [1.54, 1.807) is 6.07 Å². The monoisotopic (exact) mass is 413 g/mol. The van der Waals surface area contributed by atoms with Gasteiger partial charge in [-0.1, -0.05) is 17.7 Å². The summed E-state index contributed by atoms with van der Waals surface area (Å²) >= 11 is 6.44. The molecule has 0 radical (unpaired) electrons. The van der Waals surface area contributed by atoms with Gasteiger partial charge in [0.15, 0.2) is 11.5 Å². The Hall–Kier alpha value is -2.10. The van der Waals surface area contributed by atoms with Gasteiger partial charge in [-0.15, -0.1) is 0 Å². The molecule has 0 amide bonds. The Morgan fingerprint density at radius 2 is 2.04 bits per heavy atom. The van der Waals surface area contributed by atoms with Gasteiger partial charge in [0.2, 0.25) is 15.0 Å². The molecule has 0 fully saturated rings. The lowest BCUT2D eigenvalue weighted by Crippen LogP contribution is -2.35. The summed E-state index contributed by atoms with van der Waals surface area (Å²) in [6, 6.07) is 3.63. The first-order valence-corrected chi connectivity index (χ1v) is 10.5. The van der Waals surface area contributed by atoms with Crippen LogP contribution in [0.4, 0.5) is 0 Å². The molecule has 0 unspecified atom stereocenters. The average Bonchev–Trinajstić information content (AvgIpc) is 2.62. The highest BCUT2D eigenvalue weighted by Crippen LogP contribution is 2.38. The van der Waals surface area contributed by atoms with Gasteiger partial charge in [-0.05, 0) is 18.1 Å². The Morgan fingerprint density at radius 3 is 2.67 bits per heavy atom. The van der Waals surface area contributed by atoms with Crippen LogP contribution in [0, 0.1) is 0 Å². The molecular formula is C17H20ClN3O5S. The zero-order chi connectivity index (χ0) is 19.8. The van der Waals surface area contributed by atoms with Gasteiger partial charge in [0, 0.05) is 31.5 Å². The molecule has 1 N–H and O–H groups in total. The molecule has 0 saturated carbocycles. The van der Waals surface area contributed by atoms with Crippen molar-refractivity contribution >= 4 is 21.4 Å². The quantitative estimate of drug-likeness (QED) is 0.739. The lowest BCUT2D eigenvalue weighted by Gasteiger charge is -2.28. The Bertz CT molecular complexity index is 1040. The Kier molecular flexibility index (Phi) is 5.45. The molecular weight excluding hydrogens is 394 g/mol. The van der Waals surface area contributed by atoms with Crippen molar-refractivity contribution in [3.8, 4) is 11.5 Å². The van der Waals surface area contributed by atoms with Crippen LogP contribution < -0.4 is 15.0 Å². The SMILES string of the molecule is COc1ccc(CN2CCc3c(nc(S(C)(=O)=O)[nH]c3=O)C2)c(Cl)c1OC. The fourth-order valence-corrected chi connectivity index (χ4v) is 3.92. The maximum Gasteiger partial charge on any atom is 0.255 e. The molecule has 146 valence electrons. The van der Waals surface area contributed by atoms with E-state index in [0.29, 0.717) is 53.8 Å². The molecule has 0 bridgehead atoms. The second-order valence-electron chi connectivity index (χ2n) is 6.30. The molecule has 0 atom stereocenters. The van der Waals surface area contributed by atoms with E-state index < -0.39 is 15.4 Å².